The van der Waals surface area contributed by atoms with Crippen molar-refractivity contribution in [2.45, 2.75) is 25.7 Å². The van der Waals surface area contributed by atoms with Crippen molar-refractivity contribution in [2.75, 3.05) is 5.32 Å². The molecule has 20 heavy (non-hydrogen) atoms. The monoisotopic (exact) mass is 407 g/mol. The average molecular weight is 408 g/mol. The van der Waals surface area contributed by atoms with E-state index < -0.39 is 5.41 Å². The number of halogens is 2. The third kappa shape index (κ3) is 2.85. The molecule has 0 saturated heterocycles. The predicted octanol–water partition coefficient (Wildman–Crippen LogP) is 3.19. The highest BCUT2D eigenvalue weighted by Crippen LogP contribution is 2.40. The van der Waals surface area contributed by atoms with Gasteiger partial charge in [0.1, 0.15) is 5.41 Å². The number of benzene rings is 1. The van der Waals surface area contributed by atoms with Crippen molar-refractivity contribution in [3.63, 3.8) is 0 Å². The summed E-state index contributed by atoms with van der Waals surface area (Å²) >= 11 is 8.25. The molecule has 1 aliphatic carbocycles. The Morgan fingerprint density at radius 1 is 1.45 bits per heavy atom. The minimum absolute atomic E-state index is 0.0332. The zero-order valence-electron chi connectivity index (χ0n) is 10.7. The zero-order valence-corrected chi connectivity index (χ0v) is 13.6. The van der Waals surface area contributed by atoms with Crippen molar-refractivity contribution in [1.82, 2.24) is 0 Å². The van der Waals surface area contributed by atoms with Gasteiger partial charge in [0.2, 0.25) is 5.91 Å². The Balaban J connectivity index is 2.26. The summed E-state index contributed by atoms with van der Waals surface area (Å²) in [5, 5.41) is 15.2. The molecule has 1 saturated carbocycles. The van der Waals surface area contributed by atoms with Crippen LogP contribution in [0.25, 0.3) is 0 Å². The molecular formula is C13H15ClIN3O2. The molecule has 2 rings (SSSR count). The van der Waals surface area contributed by atoms with Gasteiger partial charge in [-0.05, 0) is 53.6 Å². The predicted molar refractivity (Wildman–Crippen MR) is 87.1 cm³/mol. The fraction of sp³-hybridized carbons (Fsp3) is 0.385. The number of nitrogens with two attached hydrogens (primary N) is 1. The normalized spacial score (nSPS) is 18.0. The van der Waals surface area contributed by atoms with Crippen LogP contribution in [0, 0.1) is 8.99 Å². The van der Waals surface area contributed by atoms with Gasteiger partial charge in [-0.25, -0.2) is 0 Å². The maximum Gasteiger partial charge on any atom is 0.238 e. The van der Waals surface area contributed by atoms with E-state index >= 15 is 0 Å². The maximum absolute atomic E-state index is 12.5. The lowest BCUT2D eigenvalue weighted by atomic mass is 9.83. The topological polar surface area (TPSA) is 87.7 Å². The van der Waals surface area contributed by atoms with E-state index in [9.17, 15) is 4.79 Å². The second kappa shape index (κ2) is 6.17. The highest BCUT2D eigenvalue weighted by atomic mass is 127. The van der Waals surface area contributed by atoms with Gasteiger partial charge in [-0.3, -0.25) is 4.79 Å². The molecule has 1 aromatic carbocycles. The largest absolute Gasteiger partial charge is 0.409 e. The molecule has 0 unspecified atom stereocenters. The van der Waals surface area contributed by atoms with Crippen LogP contribution in [-0.4, -0.2) is 17.0 Å². The van der Waals surface area contributed by atoms with E-state index in [2.05, 4.69) is 33.1 Å². The minimum Gasteiger partial charge on any atom is -0.409 e. The Hall–Kier alpha value is -1.02. The molecule has 4 N–H and O–H groups in total. The Morgan fingerprint density at radius 3 is 2.65 bits per heavy atom. The average Bonchev–Trinajstić information content (AvgIpc) is 2.91. The van der Waals surface area contributed by atoms with Gasteiger partial charge >= 0.3 is 0 Å². The number of nitrogens with one attached hydrogen (secondary N) is 1. The van der Waals surface area contributed by atoms with Gasteiger partial charge < -0.3 is 16.3 Å². The molecule has 1 amide bonds. The third-order valence-corrected chi connectivity index (χ3v) is 4.65. The summed E-state index contributed by atoms with van der Waals surface area (Å²) in [6.45, 7) is 0. The smallest absolute Gasteiger partial charge is 0.238 e. The number of carbonyl (C=O) groups excluding carboxylic acids is 1. The van der Waals surface area contributed by atoms with E-state index in [-0.39, 0.29) is 11.7 Å². The molecular weight excluding hydrogens is 393 g/mol. The van der Waals surface area contributed by atoms with Gasteiger partial charge in [0.25, 0.3) is 0 Å². The number of oxime groups is 1. The Morgan fingerprint density at radius 2 is 2.10 bits per heavy atom. The molecule has 1 aliphatic rings. The lowest BCUT2D eigenvalue weighted by Gasteiger charge is -2.26. The molecule has 1 aromatic rings. The van der Waals surface area contributed by atoms with E-state index in [0.29, 0.717) is 23.6 Å². The first-order chi connectivity index (χ1) is 9.49. The SMILES string of the molecule is N/C(=N/O)C1(C(=O)Nc2ccc(I)cc2Cl)CCCC1. The van der Waals surface area contributed by atoms with E-state index in [0.717, 1.165) is 16.4 Å². The van der Waals surface area contributed by atoms with Crippen molar-refractivity contribution < 1.29 is 10.0 Å². The lowest BCUT2D eigenvalue weighted by Crippen LogP contribution is -2.45. The number of amides is 1. The summed E-state index contributed by atoms with van der Waals surface area (Å²) < 4.78 is 0.984. The van der Waals surface area contributed by atoms with Gasteiger partial charge in [0.05, 0.1) is 10.7 Å². The van der Waals surface area contributed by atoms with Crippen LogP contribution in [0.3, 0.4) is 0 Å². The Kier molecular flexibility index (Phi) is 4.74. The van der Waals surface area contributed by atoms with Crippen LogP contribution in [0.1, 0.15) is 25.7 Å². The number of amidine groups is 1. The van der Waals surface area contributed by atoms with Gasteiger partial charge in [0, 0.05) is 3.57 Å². The van der Waals surface area contributed by atoms with Crippen molar-refractivity contribution in [1.29, 1.82) is 0 Å². The molecule has 0 radical (unpaired) electrons. The van der Waals surface area contributed by atoms with Crippen LogP contribution in [0.4, 0.5) is 5.69 Å². The maximum atomic E-state index is 12.5. The molecule has 0 aliphatic heterocycles. The molecule has 0 aromatic heterocycles. The Bertz CT molecular complexity index is 557. The molecule has 0 heterocycles. The second-order valence-electron chi connectivity index (χ2n) is 4.85. The summed E-state index contributed by atoms with van der Waals surface area (Å²) in [4.78, 5) is 12.5. The van der Waals surface area contributed by atoms with Gasteiger partial charge in [-0.15, -0.1) is 0 Å². The fourth-order valence-electron chi connectivity index (χ4n) is 2.51. The van der Waals surface area contributed by atoms with Crippen LogP contribution in [0.5, 0.6) is 0 Å². The number of hydrogen-bond acceptors (Lipinski definition) is 3. The van der Waals surface area contributed by atoms with Crippen LogP contribution in [-0.2, 0) is 4.79 Å². The van der Waals surface area contributed by atoms with E-state index in [1.807, 2.05) is 6.07 Å². The first-order valence-electron chi connectivity index (χ1n) is 6.24. The van der Waals surface area contributed by atoms with Gasteiger partial charge in [0.15, 0.2) is 5.84 Å². The second-order valence-corrected chi connectivity index (χ2v) is 6.51. The van der Waals surface area contributed by atoms with Crippen molar-refractivity contribution in [3.05, 3.63) is 26.8 Å². The molecule has 5 nitrogen and oxygen atoms in total. The Labute approximate surface area is 135 Å². The van der Waals surface area contributed by atoms with Crippen LogP contribution in [0.2, 0.25) is 5.02 Å². The summed E-state index contributed by atoms with van der Waals surface area (Å²) in [5.41, 5.74) is 5.34. The van der Waals surface area contributed by atoms with Crippen molar-refractivity contribution in [2.24, 2.45) is 16.3 Å². The number of anilines is 1. The first kappa shape index (κ1) is 15.4. The summed E-state index contributed by atoms with van der Waals surface area (Å²) in [6.07, 6.45) is 2.92. The summed E-state index contributed by atoms with van der Waals surface area (Å²) in [5.74, 6) is -0.303. The molecule has 108 valence electrons. The fourth-order valence-corrected chi connectivity index (χ4v) is 3.41. The van der Waals surface area contributed by atoms with Gasteiger partial charge in [-0.1, -0.05) is 29.6 Å². The molecule has 0 bridgehead atoms. The highest BCUT2D eigenvalue weighted by Gasteiger charge is 2.45. The zero-order chi connectivity index (χ0) is 14.8. The van der Waals surface area contributed by atoms with Crippen LogP contribution in [0.15, 0.2) is 23.4 Å². The van der Waals surface area contributed by atoms with Crippen LogP contribution < -0.4 is 11.1 Å². The van der Waals surface area contributed by atoms with Crippen LogP contribution >= 0.6 is 34.2 Å². The number of hydrogen-bond donors (Lipinski definition) is 3. The quantitative estimate of drug-likeness (QED) is 0.236. The standard InChI is InChI=1S/C13H15ClIN3O2/c14-9-7-8(15)3-4-10(9)17-12(19)13(11(16)18-20)5-1-2-6-13/h3-4,7,20H,1-2,5-6H2,(H2,16,18)(H,17,19). The van der Waals surface area contributed by atoms with E-state index in [1.54, 1.807) is 12.1 Å². The molecule has 0 spiro atoms. The summed E-state index contributed by atoms with van der Waals surface area (Å²) in [7, 11) is 0. The first-order valence-corrected chi connectivity index (χ1v) is 7.70. The van der Waals surface area contributed by atoms with Crippen molar-refractivity contribution >= 4 is 51.6 Å². The molecule has 7 heteroatoms. The minimum atomic E-state index is -0.929. The number of nitrogens with zero attached hydrogens (tertiary/aromatic N) is 1. The van der Waals surface area contributed by atoms with E-state index in [1.165, 1.54) is 0 Å². The third-order valence-electron chi connectivity index (χ3n) is 3.67. The number of rotatable bonds is 3. The highest BCUT2D eigenvalue weighted by molar-refractivity contribution is 14.1. The summed E-state index contributed by atoms with van der Waals surface area (Å²) in [6, 6.07) is 5.37. The lowest BCUT2D eigenvalue weighted by molar-refractivity contribution is -0.122. The van der Waals surface area contributed by atoms with Crippen molar-refractivity contribution in [3.8, 4) is 0 Å². The van der Waals surface area contributed by atoms with E-state index in [4.69, 9.17) is 22.5 Å². The number of carbonyl (C=O) groups is 1. The van der Waals surface area contributed by atoms with Gasteiger partial charge in [-0.2, -0.15) is 0 Å². The molecule has 1 fully saturated rings. The molecule has 0 atom stereocenters.